The van der Waals surface area contributed by atoms with Gasteiger partial charge in [0.1, 0.15) is 4.90 Å². The Morgan fingerprint density at radius 2 is 2.14 bits per heavy atom. The van der Waals surface area contributed by atoms with E-state index in [0.29, 0.717) is 5.92 Å². The first kappa shape index (κ1) is 15.7. The Hall–Kier alpha value is -1.67. The van der Waals surface area contributed by atoms with Crippen LogP contribution in [0.1, 0.15) is 26.2 Å². The van der Waals surface area contributed by atoms with Crippen LogP contribution in [0.5, 0.6) is 0 Å². The predicted molar refractivity (Wildman–Crippen MR) is 79.8 cm³/mol. The number of nitro benzene ring substituents is 1. The van der Waals surface area contributed by atoms with Gasteiger partial charge < -0.3 is 5.32 Å². The molecule has 0 bridgehead atoms. The number of rotatable bonds is 7. The van der Waals surface area contributed by atoms with Gasteiger partial charge in [0.25, 0.3) is 5.69 Å². The van der Waals surface area contributed by atoms with E-state index in [2.05, 4.69) is 17.0 Å². The van der Waals surface area contributed by atoms with Gasteiger partial charge in [-0.3, -0.25) is 10.1 Å². The molecule has 116 valence electrons. The zero-order valence-electron chi connectivity index (χ0n) is 12.0. The highest BCUT2D eigenvalue weighted by Crippen LogP contribution is 2.36. The summed E-state index contributed by atoms with van der Waals surface area (Å²) in [6.45, 7) is 2.07. The van der Waals surface area contributed by atoms with Crippen LogP contribution in [0.4, 0.5) is 11.4 Å². The van der Waals surface area contributed by atoms with Crippen molar-refractivity contribution < 1.29 is 13.3 Å². The Balaban J connectivity index is 2.22. The fourth-order valence-electron chi connectivity index (χ4n) is 2.41. The molecule has 1 saturated carbocycles. The molecule has 2 unspecified atom stereocenters. The molecule has 2 N–H and O–H groups in total. The van der Waals surface area contributed by atoms with Crippen LogP contribution in [0.2, 0.25) is 0 Å². The number of nitrogens with one attached hydrogen (secondary N) is 2. The molecule has 1 aromatic rings. The number of nitro groups is 1. The maximum absolute atomic E-state index is 12.4. The molecule has 1 fully saturated rings. The summed E-state index contributed by atoms with van der Waals surface area (Å²) >= 11 is 0. The molecule has 2 rings (SSSR count). The van der Waals surface area contributed by atoms with Crippen molar-refractivity contribution >= 4 is 21.4 Å². The van der Waals surface area contributed by atoms with Crippen LogP contribution in [-0.2, 0) is 10.0 Å². The topological polar surface area (TPSA) is 101 Å². The van der Waals surface area contributed by atoms with Gasteiger partial charge in [-0.15, -0.1) is 0 Å². The summed E-state index contributed by atoms with van der Waals surface area (Å²) in [6.07, 6.45) is 2.89. The highest BCUT2D eigenvalue weighted by molar-refractivity contribution is 7.89. The maximum atomic E-state index is 12.4. The van der Waals surface area contributed by atoms with E-state index in [1.165, 1.54) is 25.2 Å². The molecule has 2 atom stereocenters. The molecule has 7 nitrogen and oxygen atoms in total. The third-order valence-electron chi connectivity index (χ3n) is 3.62. The Labute approximate surface area is 123 Å². The van der Waals surface area contributed by atoms with E-state index in [4.69, 9.17) is 0 Å². The van der Waals surface area contributed by atoms with E-state index in [0.717, 1.165) is 19.3 Å². The normalized spacial score (nSPS) is 21.0. The number of benzene rings is 1. The van der Waals surface area contributed by atoms with Crippen LogP contribution < -0.4 is 10.0 Å². The molecule has 1 aromatic carbocycles. The second kappa shape index (κ2) is 5.98. The van der Waals surface area contributed by atoms with Crippen LogP contribution in [-0.4, -0.2) is 26.4 Å². The Morgan fingerprint density at radius 1 is 1.43 bits per heavy atom. The average Bonchev–Trinajstić information content (AvgIpc) is 3.15. The number of hydrogen-bond acceptors (Lipinski definition) is 5. The van der Waals surface area contributed by atoms with Crippen LogP contribution in [0.15, 0.2) is 23.1 Å². The monoisotopic (exact) mass is 313 g/mol. The van der Waals surface area contributed by atoms with Crippen molar-refractivity contribution in [2.45, 2.75) is 37.1 Å². The van der Waals surface area contributed by atoms with E-state index in [1.807, 2.05) is 0 Å². The van der Waals surface area contributed by atoms with Crippen molar-refractivity contribution in [3.05, 3.63) is 28.3 Å². The maximum Gasteiger partial charge on any atom is 0.271 e. The molecule has 1 aliphatic carbocycles. The summed E-state index contributed by atoms with van der Waals surface area (Å²) in [5, 5.41) is 13.4. The molecular formula is C13H19N3O4S. The Kier molecular flexibility index (Phi) is 4.48. The number of anilines is 1. The standard InChI is InChI=1S/C13H19N3O4S/c1-3-4-9-7-11(9)15-21(19,20)13-6-5-10(16(17)18)8-12(13)14-2/h5-6,8-9,11,14-15H,3-4,7H2,1-2H3. The van der Waals surface area contributed by atoms with Crippen molar-refractivity contribution in [3.63, 3.8) is 0 Å². The smallest absolute Gasteiger partial charge is 0.271 e. The van der Waals surface area contributed by atoms with Crippen molar-refractivity contribution in [2.75, 3.05) is 12.4 Å². The SMILES string of the molecule is CCCC1CC1NS(=O)(=O)c1ccc([N+](=O)[O-])cc1NC. The first-order valence-corrected chi connectivity index (χ1v) is 8.36. The van der Waals surface area contributed by atoms with E-state index in [-0.39, 0.29) is 22.3 Å². The summed E-state index contributed by atoms with van der Waals surface area (Å²) in [5.74, 6) is 0.404. The first-order valence-electron chi connectivity index (χ1n) is 6.87. The van der Waals surface area contributed by atoms with Crippen molar-refractivity contribution in [1.82, 2.24) is 4.72 Å². The summed E-state index contributed by atoms with van der Waals surface area (Å²) in [4.78, 5) is 10.2. The second-order valence-electron chi connectivity index (χ2n) is 5.20. The fraction of sp³-hybridized carbons (Fsp3) is 0.538. The lowest BCUT2D eigenvalue weighted by Crippen LogP contribution is -2.27. The van der Waals surface area contributed by atoms with Gasteiger partial charge >= 0.3 is 0 Å². The minimum Gasteiger partial charge on any atom is -0.387 e. The van der Waals surface area contributed by atoms with Gasteiger partial charge in [0.15, 0.2) is 0 Å². The number of sulfonamides is 1. The molecule has 0 aromatic heterocycles. The second-order valence-corrected chi connectivity index (χ2v) is 6.88. The third kappa shape index (κ3) is 3.51. The van der Waals surface area contributed by atoms with Gasteiger partial charge in [0, 0.05) is 25.2 Å². The molecule has 0 heterocycles. The number of hydrogen-bond donors (Lipinski definition) is 2. The van der Waals surface area contributed by atoms with Crippen molar-refractivity contribution in [3.8, 4) is 0 Å². The summed E-state index contributed by atoms with van der Waals surface area (Å²) in [7, 11) is -2.13. The van der Waals surface area contributed by atoms with Gasteiger partial charge in [0.05, 0.1) is 10.6 Å². The van der Waals surface area contributed by atoms with Gasteiger partial charge in [-0.2, -0.15) is 0 Å². The summed E-state index contributed by atoms with van der Waals surface area (Å²) in [6, 6.07) is 3.68. The molecule has 8 heteroatoms. The van der Waals surface area contributed by atoms with Crippen molar-refractivity contribution in [2.24, 2.45) is 5.92 Å². The lowest BCUT2D eigenvalue weighted by Gasteiger charge is -2.11. The molecule has 21 heavy (non-hydrogen) atoms. The van der Waals surface area contributed by atoms with E-state index in [9.17, 15) is 18.5 Å². The molecule has 0 aliphatic heterocycles. The average molecular weight is 313 g/mol. The lowest BCUT2D eigenvalue weighted by atomic mass is 10.2. The van der Waals surface area contributed by atoms with E-state index in [1.54, 1.807) is 0 Å². The van der Waals surface area contributed by atoms with Crippen molar-refractivity contribution in [1.29, 1.82) is 0 Å². The van der Waals surface area contributed by atoms with Gasteiger partial charge in [-0.25, -0.2) is 13.1 Å². The van der Waals surface area contributed by atoms with Gasteiger partial charge in [-0.1, -0.05) is 13.3 Å². The van der Waals surface area contributed by atoms with Gasteiger partial charge in [-0.05, 0) is 24.8 Å². The molecule has 0 amide bonds. The number of nitrogens with zero attached hydrogens (tertiary/aromatic N) is 1. The van der Waals surface area contributed by atoms with Crippen LogP contribution in [0.3, 0.4) is 0 Å². The third-order valence-corrected chi connectivity index (χ3v) is 5.17. The van der Waals surface area contributed by atoms with Crippen LogP contribution in [0, 0.1) is 16.0 Å². The van der Waals surface area contributed by atoms with E-state index < -0.39 is 14.9 Å². The fourth-order valence-corrected chi connectivity index (χ4v) is 3.92. The molecule has 0 spiro atoms. The first-order chi connectivity index (χ1) is 9.89. The lowest BCUT2D eigenvalue weighted by molar-refractivity contribution is -0.384. The van der Waals surface area contributed by atoms with Gasteiger partial charge in [0.2, 0.25) is 10.0 Å². The molecular weight excluding hydrogens is 294 g/mol. The Bertz CT molecular complexity index is 645. The quantitative estimate of drug-likeness (QED) is 0.593. The summed E-state index contributed by atoms with van der Waals surface area (Å²) in [5.41, 5.74) is 0.0815. The van der Waals surface area contributed by atoms with E-state index >= 15 is 0 Å². The number of non-ortho nitro benzene ring substituents is 1. The predicted octanol–water partition coefficient (Wildman–Crippen LogP) is 2.10. The molecule has 0 radical (unpaired) electrons. The summed E-state index contributed by atoms with van der Waals surface area (Å²) < 4.78 is 27.4. The zero-order valence-corrected chi connectivity index (χ0v) is 12.8. The van der Waals surface area contributed by atoms with Crippen LogP contribution >= 0.6 is 0 Å². The van der Waals surface area contributed by atoms with Crippen LogP contribution in [0.25, 0.3) is 0 Å². The molecule has 1 aliphatic rings. The largest absolute Gasteiger partial charge is 0.387 e. The highest BCUT2D eigenvalue weighted by atomic mass is 32.2. The zero-order chi connectivity index (χ0) is 15.6. The Morgan fingerprint density at radius 3 is 2.71 bits per heavy atom. The highest BCUT2D eigenvalue weighted by Gasteiger charge is 2.39. The minimum absolute atomic E-state index is 0.0187. The molecule has 0 saturated heterocycles. The minimum atomic E-state index is -3.67.